The Hall–Kier alpha value is -11.2. The molecule has 3 saturated heterocycles. The molecule has 0 unspecified atom stereocenters. The summed E-state index contributed by atoms with van der Waals surface area (Å²) in [6, 6.07) is 31.0. The van der Waals surface area contributed by atoms with Gasteiger partial charge in [-0.2, -0.15) is 0 Å². The van der Waals surface area contributed by atoms with Crippen molar-refractivity contribution in [2.45, 2.75) is 189 Å². The van der Waals surface area contributed by atoms with Crippen LogP contribution in [0, 0.1) is 41.8 Å². The molecule has 0 spiro atoms. The van der Waals surface area contributed by atoms with Crippen LogP contribution in [0.2, 0.25) is 0 Å². The number of carbonyl (C=O) groups is 3. The molecule has 43 heteroatoms. The number of ether oxygens (including phenoxy) is 5. The standard InChI is InChI=1S/2C29H28F5N3O6S.C22H25F2N3O3.C7H7ClO2S.C6H15N/c2*1-28(2,3)43-27(39)36-14-22(35-44(40,41)19-8-6-18(7-9-19)42-29(32,33)34)26(38)25(15-36)37-23-10-4-16(30)12-20(23)21-13-17(31)5-11-24(21)37;1-22(2,3)30-21(29)26-10-16(25)20(28)19(11-26)27-17-6-4-12(23)8-14(17)15-9-13(24)5-7-18(15)27;1-6-2-4-7(5-3-6)11(8,9)10;1-4-7(5-2)6-3/h2*4-13,22,25-26,35,38H,14-15H2,1-3H3;4-9,16,19-20,28H,10-11,25H2,1-3H3;2-5H,1H3;4-6H2,1-3H3/t2*22-,25+,26+;16-,19+,20+;;/m111../s1. The minimum absolute atomic E-state index is 0.143. The van der Waals surface area contributed by atoms with Gasteiger partial charge in [0.25, 0.3) is 9.05 Å². The molecule has 3 amide bonds. The monoisotopic (exact) mass is 1990 g/mol. The number of aryl methyl sites for hydroxylation is 1. The number of amides is 3. The molecule has 0 saturated carbocycles. The molecule has 6 heterocycles. The van der Waals surface area contributed by atoms with Gasteiger partial charge < -0.3 is 78.0 Å². The number of hydrogen-bond acceptors (Lipinski definition) is 19. The second-order valence-corrected chi connectivity index (χ2v) is 41.4. The smallest absolute Gasteiger partial charge is 0.444 e. The second kappa shape index (κ2) is 41.6. The van der Waals surface area contributed by atoms with Crippen molar-refractivity contribution in [3.63, 3.8) is 0 Å². The first-order valence-electron chi connectivity index (χ1n) is 42.6. The van der Waals surface area contributed by atoms with Gasteiger partial charge in [0.05, 0.1) is 69.2 Å². The lowest BCUT2D eigenvalue weighted by Gasteiger charge is -2.42. The van der Waals surface area contributed by atoms with E-state index in [4.69, 9.17) is 30.6 Å². The van der Waals surface area contributed by atoms with E-state index in [1.165, 1.54) is 144 Å². The third kappa shape index (κ3) is 26.2. The van der Waals surface area contributed by atoms with Crippen molar-refractivity contribution in [2.75, 3.05) is 58.9 Å². The lowest BCUT2D eigenvalue weighted by Crippen LogP contribution is -2.60. The topological polar surface area (TPSA) is 338 Å². The number of benzene rings is 9. The number of likely N-dealkylation sites (tertiary alicyclic amines) is 3. The Morgan fingerprint density at radius 2 is 0.632 bits per heavy atom. The molecule has 7 N–H and O–H groups in total. The minimum atomic E-state index is -4.98. The molecule has 0 aliphatic carbocycles. The molecule has 0 radical (unpaired) electrons. The normalized spacial score (nSPS) is 19.3. The summed E-state index contributed by atoms with van der Waals surface area (Å²) in [4.78, 5) is 44.6. The molecule has 3 aliphatic rings. The van der Waals surface area contributed by atoms with Gasteiger partial charge >= 0.3 is 31.0 Å². The largest absolute Gasteiger partial charge is 0.573 e. The lowest BCUT2D eigenvalue weighted by molar-refractivity contribution is -0.275. The fourth-order valence-corrected chi connectivity index (χ4v) is 19.3. The van der Waals surface area contributed by atoms with Crippen LogP contribution >= 0.6 is 10.7 Å². The average Bonchev–Trinajstić information content (AvgIpc) is 1.49. The number of aliphatic hydroxyl groups excluding tert-OH is 3. The van der Waals surface area contributed by atoms with Crippen molar-refractivity contribution in [3.8, 4) is 11.5 Å². The molecular weight excluding hydrogens is 1890 g/mol. The highest BCUT2D eigenvalue weighted by Crippen LogP contribution is 2.42. The van der Waals surface area contributed by atoms with E-state index < -0.39 is 188 Å². The van der Waals surface area contributed by atoms with Crippen LogP contribution < -0.4 is 24.7 Å². The van der Waals surface area contributed by atoms with Gasteiger partial charge in [0.1, 0.15) is 63.2 Å². The number of rotatable bonds is 15. The van der Waals surface area contributed by atoms with Crippen molar-refractivity contribution < 1.29 is 131 Å². The summed E-state index contributed by atoms with van der Waals surface area (Å²) < 4.78 is 269. The SMILES string of the molecule is CC(C)(C)OC(=O)N1C[C@@H](N)[C@H](O)[C@@H](n2c3ccc(F)cc3c3cc(F)ccc32)C1.CC(C)(C)OC(=O)N1C[C@@H](NS(=O)(=O)c2ccc(OC(F)(F)F)cc2)[C@H](O)[C@@H](n2c3ccc(F)cc3c3cc(F)ccc32)C1.CC(C)(C)OC(=O)N1C[C@@H](NS(=O)(=O)c2ccc(OC(F)(F)F)cc2)[C@H](O)[C@@H](n2c3ccc(F)cc3c3cc(F)ccc32)C1.CCN(CC)CC.Cc1ccc(S(=O)(=O)Cl)cc1. The zero-order valence-electron chi connectivity index (χ0n) is 75.8. The molecular formula is C93H103ClF12N10O17S3. The van der Waals surface area contributed by atoms with Gasteiger partial charge in [0, 0.05) is 115 Å². The maximum absolute atomic E-state index is 14.3. The van der Waals surface area contributed by atoms with E-state index in [0.717, 1.165) is 54.1 Å². The number of aromatic nitrogens is 3. The van der Waals surface area contributed by atoms with E-state index in [1.807, 2.05) is 11.5 Å². The average molecular weight is 1990 g/mol. The van der Waals surface area contributed by atoms with Crippen molar-refractivity contribution in [1.29, 1.82) is 0 Å². The lowest BCUT2D eigenvalue weighted by atomic mass is 9.97. The zero-order valence-corrected chi connectivity index (χ0v) is 79.0. The Bertz CT molecular complexity index is 6250. The number of carbonyl (C=O) groups excluding carboxylic acids is 3. The zero-order chi connectivity index (χ0) is 100. The molecule has 27 nitrogen and oxygen atoms in total. The quantitative estimate of drug-likeness (QED) is 0.0315. The maximum Gasteiger partial charge on any atom is 0.573 e. The number of piperidine rings is 3. The molecule has 9 aromatic carbocycles. The van der Waals surface area contributed by atoms with Crippen LogP contribution in [0.3, 0.4) is 0 Å². The molecule has 136 heavy (non-hydrogen) atoms. The molecule has 736 valence electrons. The summed E-state index contributed by atoms with van der Waals surface area (Å²) >= 11 is 0. The van der Waals surface area contributed by atoms with Crippen LogP contribution in [0.15, 0.2) is 197 Å². The summed E-state index contributed by atoms with van der Waals surface area (Å²) in [7, 11) is -7.38. The molecule has 15 rings (SSSR count). The minimum Gasteiger partial charge on any atom is -0.444 e. The summed E-state index contributed by atoms with van der Waals surface area (Å²) in [5, 5.41) is 36.5. The summed E-state index contributed by atoms with van der Waals surface area (Å²) in [6.45, 7) is 26.5. The summed E-state index contributed by atoms with van der Waals surface area (Å²) in [6.07, 6.45) is -16.0. The van der Waals surface area contributed by atoms with Crippen LogP contribution in [0.1, 0.15) is 107 Å². The van der Waals surface area contributed by atoms with Gasteiger partial charge in [0.15, 0.2) is 0 Å². The van der Waals surface area contributed by atoms with E-state index in [9.17, 15) is 108 Å². The first kappa shape index (κ1) is 105. The van der Waals surface area contributed by atoms with E-state index >= 15 is 0 Å². The maximum atomic E-state index is 14.3. The highest BCUT2D eigenvalue weighted by Gasteiger charge is 2.47. The van der Waals surface area contributed by atoms with Crippen LogP contribution in [0.5, 0.6) is 11.5 Å². The fourth-order valence-electron chi connectivity index (χ4n) is 16.1. The Morgan fingerprint density at radius 3 is 0.860 bits per heavy atom. The first-order chi connectivity index (χ1) is 63.2. The van der Waals surface area contributed by atoms with Gasteiger partial charge in [-0.1, -0.05) is 38.5 Å². The predicted octanol–water partition coefficient (Wildman–Crippen LogP) is 17.8. The van der Waals surface area contributed by atoms with Gasteiger partial charge in [-0.15, -0.1) is 26.3 Å². The van der Waals surface area contributed by atoms with Crippen LogP contribution in [0.25, 0.3) is 65.4 Å². The van der Waals surface area contributed by atoms with Crippen molar-refractivity contribution in [1.82, 2.24) is 42.7 Å². The Morgan fingerprint density at radius 1 is 0.390 bits per heavy atom. The third-order valence-electron chi connectivity index (χ3n) is 22.1. The first-order valence-corrected chi connectivity index (χ1v) is 47.9. The Balaban J connectivity index is 0.000000181. The van der Waals surface area contributed by atoms with E-state index in [2.05, 4.69) is 44.6 Å². The van der Waals surface area contributed by atoms with Crippen LogP contribution in [-0.4, -0.2) is 217 Å². The number of nitrogens with one attached hydrogen (secondary N) is 2. The van der Waals surface area contributed by atoms with E-state index in [-0.39, 0.29) is 44.2 Å². The molecule has 3 aliphatic heterocycles. The number of aliphatic hydroxyl groups is 3. The number of alkyl halides is 6. The number of fused-ring (bicyclic) bond motifs is 9. The highest BCUT2D eigenvalue weighted by molar-refractivity contribution is 8.13. The van der Waals surface area contributed by atoms with Crippen molar-refractivity contribution >= 4 is 123 Å². The second-order valence-electron chi connectivity index (χ2n) is 35.4. The molecule has 0 bridgehead atoms. The number of hydrogen-bond donors (Lipinski definition) is 6. The van der Waals surface area contributed by atoms with Crippen LogP contribution in [-0.2, 0) is 43.3 Å². The Kier molecular flexibility index (Phi) is 32.2. The van der Waals surface area contributed by atoms with Gasteiger partial charge in [-0.05, 0) is 259 Å². The number of nitrogens with zero attached hydrogens (tertiary/aromatic N) is 7. The van der Waals surface area contributed by atoms with Crippen molar-refractivity contribution in [3.05, 3.63) is 222 Å². The summed E-state index contributed by atoms with van der Waals surface area (Å²) in [5.41, 5.74) is 7.49. The molecule has 12 aromatic rings. The van der Waals surface area contributed by atoms with Gasteiger partial charge in [-0.25, -0.2) is 75.4 Å². The number of halogens is 13. The number of nitrogens with two attached hydrogens (primary N) is 1. The fraction of sp³-hybridized carbons (Fsp3) is 0.387. The molecule has 3 aromatic heterocycles. The molecule has 3 fully saturated rings. The van der Waals surface area contributed by atoms with Crippen LogP contribution in [0.4, 0.5) is 67.1 Å². The van der Waals surface area contributed by atoms with E-state index in [0.29, 0.717) is 65.4 Å². The Labute approximate surface area is 780 Å². The van der Waals surface area contributed by atoms with E-state index in [1.54, 1.807) is 95.7 Å². The van der Waals surface area contributed by atoms with Gasteiger partial charge in [0.2, 0.25) is 20.0 Å². The van der Waals surface area contributed by atoms with Gasteiger partial charge in [-0.3, -0.25) is 0 Å². The highest BCUT2D eigenvalue weighted by atomic mass is 35.7. The summed E-state index contributed by atoms with van der Waals surface area (Å²) in [5.74, 6) is -4.50. The predicted molar refractivity (Wildman–Crippen MR) is 487 cm³/mol. The molecule has 9 atom stereocenters. The third-order valence-corrected chi connectivity index (χ3v) is 26.4. The van der Waals surface area contributed by atoms with Crippen molar-refractivity contribution in [2.24, 2.45) is 5.73 Å². The number of sulfonamides is 2.